The summed E-state index contributed by atoms with van der Waals surface area (Å²) in [6.45, 7) is 11.3. The van der Waals surface area contributed by atoms with Gasteiger partial charge in [0.15, 0.2) is 0 Å². The van der Waals surface area contributed by atoms with Gasteiger partial charge < -0.3 is 20.4 Å². The average Bonchev–Trinajstić information content (AvgIpc) is 3.41. The van der Waals surface area contributed by atoms with E-state index in [2.05, 4.69) is 84.9 Å². The van der Waals surface area contributed by atoms with Gasteiger partial charge in [0.25, 0.3) is 5.91 Å². The molecule has 38 heavy (non-hydrogen) atoms. The SMILES string of the molecule is CC.CCc1cccc(C)c1.CCc1ccccc1.COc1ccc2[nH]c(C(=O)NCCNC=O)cc2c1. The lowest BCUT2D eigenvalue weighted by Crippen LogP contribution is -2.31. The molecule has 204 valence electrons. The average molecular weight is 518 g/mol. The maximum atomic E-state index is 11.8. The monoisotopic (exact) mass is 517 g/mol. The molecule has 0 unspecified atom stereocenters. The van der Waals surface area contributed by atoms with Crippen LogP contribution in [0.1, 0.15) is 54.9 Å². The molecular formula is C32H43N3O3. The number of benzene rings is 3. The van der Waals surface area contributed by atoms with Gasteiger partial charge in [0.05, 0.1) is 7.11 Å². The predicted molar refractivity (Wildman–Crippen MR) is 159 cm³/mol. The number of ether oxygens (including phenoxy) is 1. The van der Waals surface area contributed by atoms with Crippen LogP contribution in [0.4, 0.5) is 0 Å². The Morgan fingerprint density at radius 3 is 2.11 bits per heavy atom. The highest BCUT2D eigenvalue weighted by Gasteiger charge is 2.09. The van der Waals surface area contributed by atoms with Gasteiger partial charge in [0.2, 0.25) is 6.41 Å². The second kappa shape index (κ2) is 19.1. The fraction of sp³-hybridized carbons (Fsp3) is 0.312. The van der Waals surface area contributed by atoms with E-state index >= 15 is 0 Å². The van der Waals surface area contributed by atoms with E-state index in [-0.39, 0.29) is 5.91 Å². The number of H-pyrrole nitrogens is 1. The number of carbonyl (C=O) groups excluding carboxylic acids is 2. The van der Waals surface area contributed by atoms with Crippen molar-refractivity contribution in [2.45, 2.75) is 47.5 Å². The molecule has 3 aromatic carbocycles. The minimum absolute atomic E-state index is 0.206. The Labute approximate surface area is 227 Å². The fourth-order valence-corrected chi connectivity index (χ4v) is 3.41. The number of methoxy groups -OCH3 is 1. The predicted octanol–water partition coefficient (Wildman–Crippen LogP) is 6.48. The lowest BCUT2D eigenvalue weighted by atomic mass is 10.1. The van der Waals surface area contributed by atoms with Crippen LogP contribution in [0.25, 0.3) is 10.9 Å². The van der Waals surface area contributed by atoms with E-state index in [9.17, 15) is 9.59 Å². The summed E-state index contributed by atoms with van der Waals surface area (Å²) in [4.78, 5) is 24.9. The van der Waals surface area contributed by atoms with E-state index in [0.29, 0.717) is 25.2 Å². The Kier molecular flexibility index (Phi) is 16.1. The zero-order valence-electron chi connectivity index (χ0n) is 23.6. The number of aromatic nitrogens is 1. The van der Waals surface area contributed by atoms with Crippen LogP contribution >= 0.6 is 0 Å². The first-order valence-corrected chi connectivity index (χ1v) is 13.2. The van der Waals surface area contributed by atoms with Crippen LogP contribution in [-0.4, -0.2) is 37.5 Å². The number of aryl methyl sites for hydroxylation is 3. The van der Waals surface area contributed by atoms with Crippen LogP contribution in [-0.2, 0) is 17.6 Å². The summed E-state index contributed by atoms with van der Waals surface area (Å²) < 4.78 is 5.13. The molecule has 0 bridgehead atoms. The van der Waals surface area contributed by atoms with Gasteiger partial charge in [0.1, 0.15) is 11.4 Å². The first-order chi connectivity index (χ1) is 18.5. The van der Waals surface area contributed by atoms with Crippen molar-refractivity contribution in [3.8, 4) is 5.75 Å². The summed E-state index contributed by atoms with van der Waals surface area (Å²) in [7, 11) is 1.60. The number of hydrogen-bond acceptors (Lipinski definition) is 3. The molecule has 4 aromatic rings. The molecule has 0 saturated carbocycles. The number of fused-ring (bicyclic) bond motifs is 1. The number of aromatic amines is 1. The molecule has 1 heterocycles. The highest BCUT2D eigenvalue weighted by Crippen LogP contribution is 2.21. The molecule has 4 rings (SSSR count). The smallest absolute Gasteiger partial charge is 0.267 e. The van der Waals surface area contributed by atoms with Crippen molar-refractivity contribution in [2.24, 2.45) is 0 Å². The van der Waals surface area contributed by atoms with Gasteiger partial charge in [-0.2, -0.15) is 0 Å². The largest absolute Gasteiger partial charge is 0.497 e. The van der Waals surface area contributed by atoms with Crippen LogP contribution in [0, 0.1) is 6.92 Å². The number of amides is 2. The molecule has 0 aliphatic rings. The Morgan fingerprint density at radius 1 is 0.868 bits per heavy atom. The maximum Gasteiger partial charge on any atom is 0.267 e. The van der Waals surface area contributed by atoms with E-state index in [0.717, 1.165) is 29.5 Å². The topological polar surface area (TPSA) is 83.2 Å². The van der Waals surface area contributed by atoms with Gasteiger partial charge in [0, 0.05) is 24.0 Å². The van der Waals surface area contributed by atoms with Gasteiger partial charge in [-0.15, -0.1) is 0 Å². The lowest BCUT2D eigenvalue weighted by Gasteiger charge is -2.02. The quantitative estimate of drug-likeness (QED) is 0.185. The van der Waals surface area contributed by atoms with Crippen molar-refractivity contribution >= 4 is 23.2 Å². The van der Waals surface area contributed by atoms with Crippen LogP contribution in [0.2, 0.25) is 0 Å². The second-order valence-corrected chi connectivity index (χ2v) is 8.15. The first-order valence-electron chi connectivity index (χ1n) is 13.2. The highest BCUT2D eigenvalue weighted by molar-refractivity contribution is 5.98. The molecule has 1 aromatic heterocycles. The van der Waals surface area contributed by atoms with Crippen molar-refractivity contribution in [1.29, 1.82) is 0 Å². The van der Waals surface area contributed by atoms with Gasteiger partial charge in [-0.3, -0.25) is 9.59 Å². The number of rotatable bonds is 8. The van der Waals surface area contributed by atoms with Crippen LogP contribution in [0.3, 0.4) is 0 Å². The van der Waals surface area contributed by atoms with Gasteiger partial charge >= 0.3 is 0 Å². The molecule has 0 radical (unpaired) electrons. The summed E-state index contributed by atoms with van der Waals surface area (Å²) in [6, 6.07) is 26.4. The van der Waals surface area contributed by atoms with Crippen molar-refractivity contribution in [1.82, 2.24) is 15.6 Å². The highest BCUT2D eigenvalue weighted by atomic mass is 16.5. The Hall–Kier alpha value is -4.06. The number of hydrogen-bond donors (Lipinski definition) is 3. The molecule has 0 aliphatic carbocycles. The normalized spacial score (nSPS) is 9.42. The summed E-state index contributed by atoms with van der Waals surface area (Å²) in [5.74, 6) is 0.538. The molecule has 0 aliphatic heterocycles. The van der Waals surface area contributed by atoms with Crippen LogP contribution in [0.5, 0.6) is 5.75 Å². The Morgan fingerprint density at radius 2 is 1.55 bits per heavy atom. The van der Waals surface area contributed by atoms with E-state index in [1.54, 1.807) is 13.2 Å². The van der Waals surface area contributed by atoms with Gasteiger partial charge in [-0.25, -0.2) is 0 Å². The minimum atomic E-state index is -0.206. The molecule has 0 saturated heterocycles. The third-order valence-corrected chi connectivity index (χ3v) is 5.45. The third-order valence-electron chi connectivity index (χ3n) is 5.45. The summed E-state index contributed by atoms with van der Waals surface area (Å²) in [5.41, 5.74) is 5.54. The molecule has 6 heteroatoms. The maximum absolute atomic E-state index is 11.8. The number of carbonyl (C=O) groups is 2. The molecular weight excluding hydrogens is 474 g/mol. The van der Waals surface area contributed by atoms with Crippen LogP contribution < -0.4 is 15.4 Å². The standard InChI is InChI=1S/C13H15N3O3.C9H12.C8H10.C2H6/c1-19-10-2-3-11-9(6-10)7-12(16-11)13(18)15-5-4-14-8-17;1-3-9-6-4-5-8(2)7-9;1-2-8-6-4-3-5-7-8;1-2/h2-3,6-8,16H,4-5H2,1H3,(H,14,17)(H,15,18);4-7H,3H2,1-2H3;3-7H,2H2,1H3;1-2H3. The summed E-state index contributed by atoms with van der Waals surface area (Å²) in [6.07, 6.45) is 2.88. The Bertz CT molecular complexity index is 1200. The van der Waals surface area contributed by atoms with E-state index in [4.69, 9.17) is 4.74 Å². The number of nitrogens with one attached hydrogen (secondary N) is 3. The van der Waals surface area contributed by atoms with Gasteiger partial charge in [-0.1, -0.05) is 87.9 Å². The molecule has 0 fully saturated rings. The Balaban J connectivity index is 0.000000315. The fourth-order valence-electron chi connectivity index (χ4n) is 3.41. The van der Waals surface area contributed by atoms with E-state index in [1.807, 2.05) is 38.1 Å². The zero-order chi connectivity index (χ0) is 28.2. The van der Waals surface area contributed by atoms with Crippen molar-refractivity contribution < 1.29 is 14.3 Å². The second-order valence-electron chi connectivity index (χ2n) is 8.15. The van der Waals surface area contributed by atoms with E-state index in [1.165, 1.54) is 16.7 Å². The molecule has 3 N–H and O–H groups in total. The zero-order valence-corrected chi connectivity index (χ0v) is 23.6. The van der Waals surface area contributed by atoms with Crippen molar-refractivity contribution in [3.63, 3.8) is 0 Å². The van der Waals surface area contributed by atoms with Crippen molar-refractivity contribution in [3.05, 3.63) is 101 Å². The lowest BCUT2D eigenvalue weighted by molar-refractivity contribution is -0.109. The third kappa shape index (κ3) is 11.8. The van der Waals surface area contributed by atoms with Crippen LogP contribution in [0.15, 0.2) is 78.9 Å². The summed E-state index contributed by atoms with van der Waals surface area (Å²) >= 11 is 0. The molecule has 0 spiro atoms. The molecule has 0 atom stereocenters. The molecule has 2 amide bonds. The molecule has 6 nitrogen and oxygen atoms in total. The summed E-state index contributed by atoms with van der Waals surface area (Å²) in [5, 5.41) is 6.09. The van der Waals surface area contributed by atoms with Gasteiger partial charge in [-0.05, 0) is 55.2 Å². The first kappa shape index (κ1) is 32.0. The van der Waals surface area contributed by atoms with Crippen molar-refractivity contribution in [2.75, 3.05) is 20.2 Å². The van der Waals surface area contributed by atoms with E-state index < -0.39 is 0 Å². The minimum Gasteiger partial charge on any atom is -0.497 e.